The van der Waals surface area contributed by atoms with Crippen LogP contribution in [0.4, 0.5) is 5.69 Å². The molecule has 4 rings (SSSR count). The maximum Gasteiger partial charge on any atom is 0.228 e. The number of hydrogen-bond acceptors (Lipinski definition) is 5. The number of fused-ring (bicyclic) bond motifs is 1. The summed E-state index contributed by atoms with van der Waals surface area (Å²) in [6.45, 7) is 3.09. The van der Waals surface area contributed by atoms with Crippen LogP contribution in [0.5, 0.6) is 5.88 Å². The summed E-state index contributed by atoms with van der Waals surface area (Å²) < 4.78 is 7.37. The van der Waals surface area contributed by atoms with Crippen LogP contribution in [0.3, 0.4) is 0 Å². The van der Waals surface area contributed by atoms with E-state index >= 15 is 0 Å². The van der Waals surface area contributed by atoms with Crippen LogP contribution in [0.15, 0.2) is 60.8 Å². The molecule has 0 amide bonds. The number of methoxy groups -OCH3 is 1. The summed E-state index contributed by atoms with van der Waals surface area (Å²) in [7, 11) is 1.62. The normalized spacial score (nSPS) is 10.9. The van der Waals surface area contributed by atoms with Gasteiger partial charge in [-0.3, -0.25) is 0 Å². The Kier molecular flexibility index (Phi) is 5.19. The number of nitrogens with zero attached hydrogens (tertiary/aromatic N) is 4. The molecule has 2 heterocycles. The highest BCUT2D eigenvalue weighted by Crippen LogP contribution is 2.31. The van der Waals surface area contributed by atoms with Crippen LogP contribution in [-0.2, 0) is 0 Å². The molecule has 0 aliphatic heterocycles. The van der Waals surface area contributed by atoms with E-state index in [4.69, 9.17) is 9.72 Å². The molecule has 1 N–H and O–H groups in total. The minimum atomic E-state index is 0.519. The van der Waals surface area contributed by atoms with Crippen molar-refractivity contribution in [3.63, 3.8) is 0 Å². The summed E-state index contributed by atoms with van der Waals surface area (Å²) in [4.78, 5) is 9.51. The summed E-state index contributed by atoms with van der Waals surface area (Å²) in [5.41, 5.74) is 3.62. The molecule has 0 unspecified atom stereocenters. The Morgan fingerprint density at radius 3 is 2.57 bits per heavy atom. The van der Waals surface area contributed by atoms with Crippen LogP contribution >= 0.6 is 0 Å². The molecule has 142 valence electrons. The number of nitrogens with one attached hydrogen (secondary N) is 1. The number of aromatic nitrogens is 4. The Labute approximate surface area is 164 Å². The zero-order valence-corrected chi connectivity index (χ0v) is 16.1. The van der Waals surface area contributed by atoms with Gasteiger partial charge in [0.15, 0.2) is 11.5 Å². The highest BCUT2D eigenvalue weighted by Gasteiger charge is 2.17. The number of hydrogen-bond donors (Lipinski definition) is 1. The number of benzene rings is 2. The molecule has 0 atom stereocenters. The summed E-state index contributed by atoms with van der Waals surface area (Å²) >= 11 is 0. The number of unbranched alkanes of at least 4 members (excludes halogenated alkanes) is 1. The molecule has 28 heavy (non-hydrogen) atoms. The smallest absolute Gasteiger partial charge is 0.228 e. The molecule has 0 aliphatic rings. The van der Waals surface area contributed by atoms with Crippen LogP contribution in [0.25, 0.3) is 28.1 Å². The maximum atomic E-state index is 5.55. The fraction of sp³-hybridized carbons (Fsp3) is 0.227. The summed E-state index contributed by atoms with van der Waals surface area (Å²) in [6, 6.07) is 18.0. The summed E-state index contributed by atoms with van der Waals surface area (Å²) in [5, 5.41) is 8.79. The second kappa shape index (κ2) is 8.08. The van der Waals surface area contributed by atoms with E-state index in [0.717, 1.165) is 47.4 Å². The van der Waals surface area contributed by atoms with Gasteiger partial charge < -0.3 is 10.1 Å². The van der Waals surface area contributed by atoms with E-state index in [1.54, 1.807) is 13.3 Å². The molecule has 0 radical (unpaired) electrons. The van der Waals surface area contributed by atoms with Crippen molar-refractivity contribution in [1.29, 1.82) is 0 Å². The van der Waals surface area contributed by atoms with Gasteiger partial charge in [-0.2, -0.15) is 10.1 Å². The number of anilines is 1. The first-order chi connectivity index (χ1) is 13.8. The molecule has 0 aliphatic carbocycles. The lowest BCUT2D eigenvalue weighted by Crippen LogP contribution is -2.05. The molecule has 0 fully saturated rings. The monoisotopic (exact) mass is 373 g/mol. The third-order valence-corrected chi connectivity index (χ3v) is 4.60. The first kappa shape index (κ1) is 18.0. The predicted molar refractivity (Wildman–Crippen MR) is 112 cm³/mol. The third kappa shape index (κ3) is 3.41. The van der Waals surface area contributed by atoms with Gasteiger partial charge >= 0.3 is 0 Å². The van der Waals surface area contributed by atoms with Gasteiger partial charge in [-0.15, -0.1) is 0 Å². The molecule has 0 bridgehead atoms. The molecular weight excluding hydrogens is 350 g/mol. The lowest BCUT2D eigenvalue weighted by atomic mass is 10.1. The Balaban J connectivity index is 1.85. The molecule has 2 aromatic carbocycles. The largest absolute Gasteiger partial charge is 0.480 e. The van der Waals surface area contributed by atoms with Gasteiger partial charge in [-0.05, 0) is 30.7 Å². The number of rotatable bonds is 7. The first-order valence-electron chi connectivity index (χ1n) is 9.50. The quantitative estimate of drug-likeness (QED) is 0.476. The average molecular weight is 373 g/mol. The van der Waals surface area contributed by atoms with E-state index < -0.39 is 0 Å². The Bertz CT molecular complexity index is 1070. The SMILES string of the molecule is CCCCNc1ccccc1-c1nc(OC)c2cnn(-c3ccccc3)c2n1. The van der Waals surface area contributed by atoms with Gasteiger partial charge in [0.05, 0.1) is 19.0 Å². The van der Waals surface area contributed by atoms with Gasteiger partial charge in [0, 0.05) is 17.8 Å². The van der Waals surface area contributed by atoms with Gasteiger partial charge in [0.2, 0.25) is 5.88 Å². The van der Waals surface area contributed by atoms with Crippen LogP contribution < -0.4 is 10.1 Å². The minimum absolute atomic E-state index is 0.519. The van der Waals surface area contributed by atoms with Crippen molar-refractivity contribution < 1.29 is 4.74 Å². The van der Waals surface area contributed by atoms with E-state index in [2.05, 4.69) is 28.4 Å². The van der Waals surface area contributed by atoms with Crippen LogP contribution in [0, 0.1) is 0 Å². The van der Waals surface area contributed by atoms with Gasteiger partial charge in [-0.1, -0.05) is 43.7 Å². The van der Waals surface area contributed by atoms with Crippen LogP contribution in [0.2, 0.25) is 0 Å². The predicted octanol–water partition coefficient (Wildman–Crippen LogP) is 4.70. The Morgan fingerprint density at radius 2 is 1.79 bits per heavy atom. The van der Waals surface area contributed by atoms with Crippen molar-refractivity contribution in [1.82, 2.24) is 19.7 Å². The van der Waals surface area contributed by atoms with Crippen molar-refractivity contribution >= 4 is 16.7 Å². The van der Waals surface area contributed by atoms with Gasteiger partial charge in [0.25, 0.3) is 0 Å². The molecule has 6 heteroatoms. The van der Waals surface area contributed by atoms with Crippen molar-refractivity contribution in [3.8, 4) is 23.0 Å². The molecule has 0 saturated heterocycles. The minimum Gasteiger partial charge on any atom is -0.480 e. The molecule has 2 aromatic heterocycles. The molecule has 0 saturated carbocycles. The van der Waals surface area contributed by atoms with E-state index in [9.17, 15) is 0 Å². The molecule has 0 spiro atoms. The first-order valence-corrected chi connectivity index (χ1v) is 9.50. The third-order valence-electron chi connectivity index (χ3n) is 4.60. The summed E-state index contributed by atoms with van der Waals surface area (Å²) in [5.74, 6) is 1.13. The second-order valence-electron chi connectivity index (χ2n) is 6.51. The van der Waals surface area contributed by atoms with Crippen LogP contribution in [0.1, 0.15) is 19.8 Å². The number of ether oxygens (including phenoxy) is 1. The van der Waals surface area contributed by atoms with E-state index in [-0.39, 0.29) is 0 Å². The summed E-state index contributed by atoms with van der Waals surface area (Å²) in [6.07, 6.45) is 4.00. The number of para-hydroxylation sites is 2. The van der Waals surface area contributed by atoms with Crippen LogP contribution in [-0.4, -0.2) is 33.4 Å². The van der Waals surface area contributed by atoms with Crippen molar-refractivity contribution in [2.24, 2.45) is 0 Å². The molecule has 4 aromatic rings. The second-order valence-corrected chi connectivity index (χ2v) is 6.51. The van der Waals surface area contributed by atoms with E-state index in [1.165, 1.54) is 0 Å². The standard InChI is InChI=1S/C22H23N5O/c1-3-4-14-23-19-13-9-8-12-17(19)20-25-21-18(22(26-20)28-2)15-24-27(21)16-10-6-5-7-11-16/h5-13,15,23H,3-4,14H2,1-2H3. The zero-order valence-electron chi connectivity index (χ0n) is 16.1. The van der Waals surface area contributed by atoms with Gasteiger partial charge in [0.1, 0.15) is 5.39 Å². The lowest BCUT2D eigenvalue weighted by Gasteiger charge is -2.12. The Morgan fingerprint density at radius 1 is 1.00 bits per heavy atom. The highest BCUT2D eigenvalue weighted by molar-refractivity contribution is 5.85. The topological polar surface area (TPSA) is 64.9 Å². The van der Waals surface area contributed by atoms with Crippen molar-refractivity contribution in [2.75, 3.05) is 19.0 Å². The highest BCUT2D eigenvalue weighted by atomic mass is 16.5. The fourth-order valence-electron chi connectivity index (χ4n) is 3.15. The average Bonchev–Trinajstić information content (AvgIpc) is 3.18. The zero-order chi connectivity index (χ0) is 19.3. The molecular formula is C22H23N5O. The van der Waals surface area contributed by atoms with E-state index in [0.29, 0.717) is 11.7 Å². The lowest BCUT2D eigenvalue weighted by molar-refractivity contribution is 0.403. The van der Waals surface area contributed by atoms with Gasteiger partial charge in [-0.25, -0.2) is 9.67 Å². The fourth-order valence-corrected chi connectivity index (χ4v) is 3.15. The molecule has 6 nitrogen and oxygen atoms in total. The maximum absolute atomic E-state index is 5.55. The van der Waals surface area contributed by atoms with Crippen molar-refractivity contribution in [3.05, 3.63) is 60.8 Å². The Hall–Kier alpha value is -3.41. The van der Waals surface area contributed by atoms with E-state index in [1.807, 2.05) is 53.2 Å². The van der Waals surface area contributed by atoms with Crippen molar-refractivity contribution in [2.45, 2.75) is 19.8 Å².